The van der Waals surface area contributed by atoms with Crippen LogP contribution in [0.5, 0.6) is 11.5 Å². The fourth-order valence-electron chi connectivity index (χ4n) is 4.11. The number of benzene rings is 1. The summed E-state index contributed by atoms with van der Waals surface area (Å²) < 4.78 is 10.9. The van der Waals surface area contributed by atoms with Crippen molar-refractivity contribution >= 4 is 17.6 Å². The molecule has 0 spiro atoms. The SMILES string of the molecule is CN(C)C(=O)N1C[C@@H]2CC[C@H](C1)N(Cc1cc3c(cc1Cl)OCO3)C2. The Kier molecular flexibility index (Phi) is 4.41. The molecule has 3 fully saturated rings. The predicted molar refractivity (Wildman–Crippen MR) is 95.2 cm³/mol. The zero-order valence-corrected chi connectivity index (χ0v) is 15.5. The summed E-state index contributed by atoms with van der Waals surface area (Å²) in [5.74, 6) is 2.01. The Morgan fingerprint density at radius 3 is 2.72 bits per heavy atom. The Balaban J connectivity index is 1.52. The van der Waals surface area contributed by atoms with Gasteiger partial charge in [-0.2, -0.15) is 0 Å². The minimum Gasteiger partial charge on any atom is -0.454 e. The highest BCUT2D eigenvalue weighted by atomic mass is 35.5. The Morgan fingerprint density at radius 1 is 1.20 bits per heavy atom. The molecule has 5 rings (SSSR count). The van der Waals surface area contributed by atoms with Crippen LogP contribution >= 0.6 is 11.6 Å². The standard InChI is InChI=1S/C18H24ClN3O3/c1-20(2)18(23)22-8-12-3-4-14(10-22)21(7-12)9-13-5-16-17(6-15(13)19)25-11-24-16/h5-6,12,14H,3-4,7-11H2,1-2H3/t12-,14-/m1/s1. The van der Waals surface area contributed by atoms with E-state index in [1.165, 1.54) is 6.42 Å². The topological polar surface area (TPSA) is 45.3 Å². The molecular formula is C18H24ClN3O3. The summed E-state index contributed by atoms with van der Waals surface area (Å²) in [6.07, 6.45) is 2.32. The van der Waals surface area contributed by atoms with E-state index in [4.69, 9.17) is 21.1 Å². The molecular weight excluding hydrogens is 342 g/mol. The van der Waals surface area contributed by atoms with Crippen molar-refractivity contribution in [3.05, 3.63) is 22.7 Å². The lowest BCUT2D eigenvalue weighted by molar-refractivity contribution is 0.123. The zero-order valence-electron chi connectivity index (χ0n) is 14.7. The van der Waals surface area contributed by atoms with Crippen molar-refractivity contribution in [3.8, 4) is 11.5 Å². The maximum atomic E-state index is 12.4. The molecule has 25 heavy (non-hydrogen) atoms. The maximum Gasteiger partial charge on any atom is 0.319 e. The molecule has 136 valence electrons. The second-order valence-electron chi connectivity index (χ2n) is 7.41. The molecule has 1 aromatic rings. The zero-order chi connectivity index (χ0) is 17.6. The first-order valence-corrected chi connectivity index (χ1v) is 9.17. The lowest BCUT2D eigenvalue weighted by atomic mass is 9.94. The summed E-state index contributed by atoms with van der Waals surface area (Å²) in [5, 5.41) is 0.714. The normalized spacial score (nSPS) is 25.2. The molecule has 2 bridgehead atoms. The van der Waals surface area contributed by atoms with Crippen molar-refractivity contribution in [2.75, 3.05) is 40.5 Å². The average molecular weight is 366 g/mol. The maximum absolute atomic E-state index is 12.4. The van der Waals surface area contributed by atoms with Gasteiger partial charge in [0.25, 0.3) is 0 Å². The molecule has 7 heteroatoms. The largest absolute Gasteiger partial charge is 0.454 e. The Morgan fingerprint density at radius 2 is 1.96 bits per heavy atom. The molecule has 3 saturated heterocycles. The van der Waals surface area contributed by atoms with Crippen LogP contribution in [0.25, 0.3) is 0 Å². The smallest absolute Gasteiger partial charge is 0.319 e. The molecule has 0 N–H and O–H groups in total. The van der Waals surface area contributed by atoms with Crippen LogP contribution in [0.4, 0.5) is 4.79 Å². The van der Waals surface area contributed by atoms with E-state index in [1.54, 1.807) is 4.90 Å². The molecule has 2 atom stereocenters. The Labute approximate surface area is 153 Å². The van der Waals surface area contributed by atoms with Gasteiger partial charge in [-0.25, -0.2) is 4.79 Å². The van der Waals surface area contributed by atoms with Crippen molar-refractivity contribution in [1.82, 2.24) is 14.7 Å². The molecule has 0 radical (unpaired) electrons. The summed E-state index contributed by atoms with van der Waals surface area (Å²) in [5.41, 5.74) is 1.06. The van der Waals surface area contributed by atoms with E-state index in [9.17, 15) is 4.79 Å². The van der Waals surface area contributed by atoms with Crippen LogP contribution in [0.3, 0.4) is 0 Å². The second-order valence-corrected chi connectivity index (χ2v) is 7.81. The van der Waals surface area contributed by atoms with Gasteiger partial charge in [0, 0.05) is 57.4 Å². The van der Waals surface area contributed by atoms with Crippen molar-refractivity contribution in [1.29, 1.82) is 0 Å². The van der Waals surface area contributed by atoms with E-state index in [2.05, 4.69) is 4.90 Å². The van der Waals surface area contributed by atoms with Gasteiger partial charge in [0.05, 0.1) is 0 Å². The molecule has 4 aliphatic heterocycles. The van der Waals surface area contributed by atoms with Crippen LogP contribution < -0.4 is 9.47 Å². The molecule has 1 aromatic carbocycles. The van der Waals surface area contributed by atoms with Gasteiger partial charge >= 0.3 is 6.03 Å². The van der Waals surface area contributed by atoms with Gasteiger partial charge < -0.3 is 19.3 Å². The first kappa shape index (κ1) is 16.8. The summed E-state index contributed by atoms with van der Waals surface area (Å²) in [6, 6.07) is 4.33. The van der Waals surface area contributed by atoms with Crippen LogP contribution in [0.1, 0.15) is 18.4 Å². The van der Waals surface area contributed by atoms with Crippen molar-refractivity contribution in [3.63, 3.8) is 0 Å². The quantitative estimate of drug-likeness (QED) is 0.808. The van der Waals surface area contributed by atoms with E-state index in [-0.39, 0.29) is 12.8 Å². The van der Waals surface area contributed by atoms with E-state index in [0.717, 1.165) is 43.9 Å². The lowest BCUT2D eigenvalue weighted by Crippen LogP contribution is -2.45. The highest BCUT2D eigenvalue weighted by Crippen LogP contribution is 2.38. The van der Waals surface area contributed by atoms with Crippen molar-refractivity contribution in [2.24, 2.45) is 5.92 Å². The number of carbonyl (C=O) groups excluding carboxylic acids is 1. The predicted octanol–water partition coefficient (Wildman–Crippen LogP) is 2.65. The molecule has 0 unspecified atom stereocenters. The number of urea groups is 1. The van der Waals surface area contributed by atoms with E-state index in [0.29, 0.717) is 22.7 Å². The summed E-state index contributed by atoms with van der Waals surface area (Å²) in [7, 11) is 3.64. The lowest BCUT2D eigenvalue weighted by Gasteiger charge is -2.36. The molecule has 2 amide bonds. The van der Waals surface area contributed by atoms with Crippen molar-refractivity contribution < 1.29 is 14.3 Å². The highest BCUT2D eigenvalue weighted by molar-refractivity contribution is 6.31. The molecule has 0 aromatic heterocycles. The summed E-state index contributed by atoms with van der Waals surface area (Å²) in [6.45, 7) is 3.67. The first-order valence-electron chi connectivity index (χ1n) is 8.79. The van der Waals surface area contributed by atoms with Gasteiger partial charge in [-0.1, -0.05) is 11.6 Å². The van der Waals surface area contributed by atoms with E-state index >= 15 is 0 Å². The third kappa shape index (κ3) is 3.25. The number of nitrogens with zero attached hydrogens (tertiary/aromatic N) is 3. The Bertz CT molecular complexity index is 682. The number of hydrogen-bond donors (Lipinski definition) is 0. The molecule has 0 aliphatic carbocycles. The van der Waals surface area contributed by atoms with Crippen LogP contribution in [0, 0.1) is 5.92 Å². The van der Waals surface area contributed by atoms with Crippen LogP contribution in [0.2, 0.25) is 5.02 Å². The molecule has 4 heterocycles. The molecule has 0 saturated carbocycles. The van der Waals surface area contributed by atoms with E-state index < -0.39 is 0 Å². The number of piperidine rings is 1. The van der Waals surface area contributed by atoms with Crippen LogP contribution in [0.15, 0.2) is 12.1 Å². The van der Waals surface area contributed by atoms with Crippen LogP contribution in [-0.2, 0) is 6.54 Å². The van der Waals surface area contributed by atoms with E-state index in [1.807, 2.05) is 31.1 Å². The monoisotopic (exact) mass is 365 g/mol. The number of hydrogen-bond acceptors (Lipinski definition) is 4. The van der Waals surface area contributed by atoms with Gasteiger partial charge in [0.15, 0.2) is 11.5 Å². The number of rotatable bonds is 2. The van der Waals surface area contributed by atoms with Gasteiger partial charge in [-0.05, 0) is 30.4 Å². The number of fused-ring (bicyclic) bond motifs is 5. The number of amides is 2. The molecule has 4 aliphatic rings. The van der Waals surface area contributed by atoms with Gasteiger partial charge in [-0.3, -0.25) is 4.90 Å². The average Bonchev–Trinajstić information content (AvgIpc) is 2.84. The third-order valence-electron chi connectivity index (χ3n) is 5.40. The fourth-order valence-corrected chi connectivity index (χ4v) is 4.32. The highest BCUT2D eigenvalue weighted by Gasteiger charge is 2.37. The molecule has 6 nitrogen and oxygen atoms in total. The Hall–Kier alpha value is -1.66. The number of halogens is 1. The second kappa shape index (κ2) is 6.57. The van der Waals surface area contributed by atoms with Gasteiger partial charge in [0.2, 0.25) is 6.79 Å². The van der Waals surface area contributed by atoms with Gasteiger partial charge in [-0.15, -0.1) is 0 Å². The summed E-state index contributed by atoms with van der Waals surface area (Å²) >= 11 is 6.46. The van der Waals surface area contributed by atoms with Crippen LogP contribution in [-0.4, -0.2) is 67.3 Å². The number of ether oxygens (including phenoxy) is 2. The minimum atomic E-state index is 0.111. The fraction of sp³-hybridized carbons (Fsp3) is 0.611. The van der Waals surface area contributed by atoms with Gasteiger partial charge in [0.1, 0.15) is 0 Å². The first-order chi connectivity index (χ1) is 12.0. The third-order valence-corrected chi connectivity index (χ3v) is 5.75. The van der Waals surface area contributed by atoms with Crippen molar-refractivity contribution in [2.45, 2.75) is 25.4 Å². The summed E-state index contributed by atoms with van der Waals surface area (Å²) in [4.78, 5) is 18.5. The minimum absolute atomic E-state index is 0.111. The number of carbonyl (C=O) groups is 1.